The summed E-state index contributed by atoms with van der Waals surface area (Å²) in [6.45, 7) is 9.99. The fourth-order valence-corrected chi connectivity index (χ4v) is 2.25. The van der Waals surface area contributed by atoms with Crippen LogP contribution in [-0.4, -0.2) is 24.9 Å². The highest BCUT2D eigenvalue weighted by molar-refractivity contribution is 5.35. The summed E-state index contributed by atoms with van der Waals surface area (Å²) in [5, 5.41) is 9.31. The maximum atomic E-state index is 9.31. The average Bonchev–Trinajstić information content (AvgIpc) is 2.40. The van der Waals surface area contributed by atoms with Gasteiger partial charge in [-0.2, -0.15) is 0 Å². The molecule has 1 aromatic carbocycles. The number of ether oxygens (including phenoxy) is 1. The predicted molar refractivity (Wildman–Crippen MR) is 84.0 cm³/mol. The van der Waals surface area contributed by atoms with Crippen molar-refractivity contribution in [2.24, 2.45) is 23.5 Å². The molecule has 0 heterocycles. The molecule has 0 fully saturated rings. The number of hydrogen-bond acceptors (Lipinski definition) is 3. The lowest BCUT2D eigenvalue weighted by Crippen LogP contribution is -2.26. The molecule has 0 aliphatic carbocycles. The van der Waals surface area contributed by atoms with E-state index in [1.54, 1.807) is 0 Å². The molecule has 0 aromatic heterocycles. The quantitative estimate of drug-likeness (QED) is 0.769. The van der Waals surface area contributed by atoms with Crippen molar-refractivity contribution in [3.63, 3.8) is 0 Å². The predicted octanol–water partition coefficient (Wildman–Crippen LogP) is 2.78. The zero-order valence-electron chi connectivity index (χ0n) is 13.2. The van der Waals surface area contributed by atoms with Gasteiger partial charge in [-0.25, -0.2) is 0 Å². The van der Waals surface area contributed by atoms with Gasteiger partial charge in [0.1, 0.15) is 5.75 Å². The van der Waals surface area contributed by atoms with Gasteiger partial charge in [0.2, 0.25) is 0 Å². The SMILES string of the molecule is Cc1cc(OCC(C)C)ccc1CC(C)C(CN)CO. The van der Waals surface area contributed by atoms with E-state index in [4.69, 9.17) is 10.5 Å². The summed E-state index contributed by atoms with van der Waals surface area (Å²) in [6.07, 6.45) is 0.943. The lowest BCUT2D eigenvalue weighted by atomic mass is 9.87. The van der Waals surface area contributed by atoms with Crippen LogP contribution in [0.2, 0.25) is 0 Å². The minimum Gasteiger partial charge on any atom is -0.493 e. The van der Waals surface area contributed by atoms with Gasteiger partial charge in [0.25, 0.3) is 0 Å². The summed E-state index contributed by atoms with van der Waals surface area (Å²) in [5.41, 5.74) is 8.24. The van der Waals surface area contributed by atoms with Crippen LogP contribution >= 0.6 is 0 Å². The van der Waals surface area contributed by atoms with Gasteiger partial charge >= 0.3 is 0 Å². The van der Waals surface area contributed by atoms with Crippen LogP contribution in [0.4, 0.5) is 0 Å². The first kappa shape index (κ1) is 17.0. The third-order valence-corrected chi connectivity index (χ3v) is 3.78. The molecule has 0 bridgehead atoms. The maximum absolute atomic E-state index is 9.31. The fourth-order valence-electron chi connectivity index (χ4n) is 2.25. The Morgan fingerprint density at radius 2 is 1.95 bits per heavy atom. The molecule has 1 rings (SSSR count). The Hall–Kier alpha value is -1.06. The van der Waals surface area contributed by atoms with Crippen molar-refractivity contribution >= 4 is 0 Å². The maximum Gasteiger partial charge on any atom is 0.119 e. The van der Waals surface area contributed by atoms with Crippen LogP contribution in [0.25, 0.3) is 0 Å². The normalized spacial score (nSPS) is 14.3. The van der Waals surface area contributed by atoms with Crippen molar-refractivity contribution in [2.75, 3.05) is 19.8 Å². The molecule has 20 heavy (non-hydrogen) atoms. The Morgan fingerprint density at radius 1 is 1.25 bits per heavy atom. The van der Waals surface area contributed by atoms with Crippen LogP contribution in [0.1, 0.15) is 31.9 Å². The van der Waals surface area contributed by atoms with Crippen LogP contribution in [0, 0.1) is 24.7 Å². The molecular weight excluding hydrogens is 250 g/mol. The van der Waals surface area contributed by atoms with Crippen LogP contribution < -0.4 is 10.5 Å². The summed E-state index contributed by atoms with van der Waals surface area (Å²) in [5.74, 6) is 2.02. The van der Waals surface area contributed by atoms with E-state index in [0.29, 0.717) is 18.4 Å². The second-order valence-electron chi connectivity index (χ2n) is 6.15. The highest BCUT2D eigenvalue weighted by Gasteiger charge is 2.16. The largest absolute Gasteiger partial charge is 0.493 e. The number of benzene rings is 1. The first-order valence-corrected chi connectivity index (χ1v) is 7.51. The van der Waals surface area contributed by atoms with Crippen LogP contribution in [0.5, 0.6) is 5.75 Å². The standard InChI is InChI=1S/C17H29NO2/c1-12(2)11-20-17-6-5-15(14(4)8-17)7-13(3)16(9-18)10-19/h5-6,8,12-13,16,19H,7,9-11,18H2,1-4H3. The Bertz CT molecular complexity index is 400. The summed E-state index contributed by atoms with van der Waals surface area (Å²) in [4.78, 5) is 0. The molecule has 3 heteroatoms. The molecule has 0 saturated carbocycles. The molecule has 0 radical (unpaired) electrons. The van der Waals surface area contributed by atoms with Crippen molar-refractivity contribution in [2.45, 2.75) is 34.1 Å². The molecule has 0 aliphatic heterocycles. The van der Waals surface area contributed by atoms with Crippen molar-refractivity contribution in [1.29, 1.82) is 0 Å². The minimum absolute atomic E-state index is 0.159. The van der Waals surface area contributed by atoms with Crippen LogP contribution in [-0.2, 0) is 6.42 Å². The Balaban J connectivity index is 2.68. The van der Waals surface area contributed by atoms with Gasteiger partial charge in [-0.3, -0.25) is 0 Å². The molecule has 114 valence electrons. The van der Waals surface area contributed by atoms with Crippen molar-refractivity contribution in [1.82, 2.24) is 0 Å². The molecule has 1 aromatic rings. The van der Waals surface area contributed by atoms with Crippen molar-refractivity contribution in [3.8, 4) is 5.75 Å². The van der Waals surface area contributed by atoms with Gasteiger partial charge in [-0.05, 0) is 60.9 Å². The molecule has 3 nitrogen and oxygen atoms in total. The molecule has 2 atom stereocenters. The van der Waals surface area contributed by atoms with E-state index in [9.17, 15) is 5.11 Å². The van der Waals surface area contributed by atoms with E-state index in [0.717, 1.165) is 18.8 Å². The first-order chi connectivity index (χ1) is 9.47. The molecule has 0 saturated heterocycles. The van der Waals surface area contributed by atoms with Gasteiger partial charge in [-0.1, -0.05) is 26.8 Å². The lowest BCUT2D eigenvalue weighted by Gasteiger charge is -2.21. The topological polar surface area (TPSA) is 55.5 Å². The fraction of sp³-hybridized carbons (Fsp3) is 0.647. The number of aryl methyl sites for hydroxylation is 1. The van der Waals surface area contributed by atoms with Gasteiger partial charge < -0.3 is 15.6 Å². The number of aliphatic hydroxyl groups excluding tert-OH is 1. The summed E-state index contributed by atoms with van der Waals surface area (Å²) >= 11 is 0. The summed E-state index contributed by atoms with van der Waals surface area (Å²) in [6, 6.07) is 6.26. The minimum atomic E-state index is 0.159. The summed E-state index contributed by atoms with van der Waals surface area (Å²) < 4.78 is 5.74. The number of hydrogen-bond donors (Lipinski definition) is 2. The molecule has 0 aliphatic rings. The molecule has 2 unspecified atom stereocenters. The van der Waals surface area contributed by atoms with Gasteiger partial charge in [-0.15, -0.1) is 0 Å². The molecule has 0 amide bonds. The van der Waals surface area contributed by atoms with E-state index in [1.165, 1.54) is 11.1 Å². The molecule has 3 N–H and O–H groups in total. The lowest BCUT2D eigenvalue weighted by molar-refractivity contribution is 0.187. The van der Waals surface area contributed by atoms with Crippen LogP contribution in [0.15, 0.2) is 18.2 Å². The number of aliphatic hydroxyl groups is 1. The monoisotopic (exact) mass is 279 g/mol. The zero-order valence-corrected chi connectivity index (χ0v) is 13.2. The smallest absolute Gasteiger partial charge is 0.119 e. The number of rotatable bonds is 8. The first-order valence-electron chi connectivity index (χ1n) is 7.51. The third kappa shape index (κ3) is 5.14. The van der Waals surface area contributed by atoms with E-state index >= 15 is 0 Å². The van der Waals surface area contributed by atoms with E-state index in [1.807, 2.05) is 6.07 Å². The highest BCUT2D eigenvalue weighted by Crippen LogP contribution is 2.23. The Kier molecular flexibility index (Phi) is 7.03. The van der Waals surface area contributed by atoms with Gasteiger partial charge in [0, 0.05) is 6.61 Å². The van der Waals surface area contributed by atoms with Gasteiger partial charge in [0.15, 0.2) is 0 Å². The average molecular weight is 279 g/mol. The Labute approximate surface area is 123 Å². The van der Waals surface area contributed by atoms with Crippen molar-refractivity contribution in [3.05, 3.63) is 29.3 Å². The molecular formula is C17H29NO2. The zero-order chi connectivity index (χ0) is 15.1. The van der Waals surface area contributed by atoms with Crippen molar-refractivity contribution < 1.29 is 9.84 Å². The van der Waals surface area contributed by atoms with E-state index in [-0.39, 0.29) is 12.5 Å². The van der Waals surface area contributed by atoms with Gasteiger partial charge in [0.05, 0.1) is 6.61 Å². The third-order valence-electron chi connectivity index (χ3n) is 3.78. The second kappa shape index (κ2) is 8.28. The number of nitrogens with two attached hydrogens (primary N) is 1. The van der Waals surface area contributed by atoms with E-state index < -0.39 is 0 Å². The van der Waals surface area contributed by atoms with Crippen LogP contribution in [0.3, 0.4) is 0 Å². The van der Waals surface area contributed by atoms with E-state index in [2.05, 4.69) is 39.8 Å². The second-order valence-corrected chi connectivity index (χ2v) is 6.15. The summed E-state index contributed by atoms with van der Waals surface area (Å²) in [7, 11) is 0. The highest BCUT2D eigenvalue weighted by atomic mass is 16.5. The molecule has 0 spiro atoms. The Morgan fingerprint density at radius 3 is 2.45 bits per heavy atom.